The zero-order valence-electron chi connectivity index (χ0n) is 24.3. The Balaban J connectivity index is 1.46. The number of amides is 2. The van der Waals surface area contributed by atoms with Crippen LogP contribution in [0.1, 0.15) is 64.8 Å². The molecular formula is C29H41N7O4Si. The van der Waals surface area contributed by atoms with Crippen LogP contribution < -0.4 is 10.6 Å². The molecule has 5 rings (SSSR count). The minimum absolute atomic E-state index is 0.110. The lowest BCUT2D eigenvalue weighted by atomic mass is 10.1. The topological polar surface area (TPSA) is 125 Å². The summed E-state index contributed by atoms with van der Waals surface area (Å²) in [5, 5.41) is 10.5. The number of ether oxygens (including phenoxy) is 2. The number of hydrogen-bond acceptors (Lipinski definition) is 7. The van der Waals surface area contributed by atoms with Gasteiger partial charge in [-0.05, 0) is 50.3 Å². The molecule has 0 spiro atoms. The van der Waals surface area contributed by atoms with Crippen LogP contribution in [0.25, 0.3) is 11.4 Å². The van der Waals surface area contributed by atoms with Crippen molar-refractivity contribution in [2.45, 2.75) is 77.0 Å². The number of hydrogen-bond donors (Lipinski definition) is 2. The highest BCUT2D eigenvalue weighted by Gasteiger charge is 2.25. The highest BCUT2D eigenvalue weighted by molar-refractivity contribution is 6.76. The number of nitrogens with one attached hydrogen (secondary N) is 2. The molecule has 41 heavy (non-hydrogen) atoms. The Labute approximate surface area is 242 Å². The lowest BCUT2D eigenvalue weighted by molar-refractivity contribution is 0.0660. The molecule has 5 heterocycles. The SMILES string of the molecule is C[Si](C)(C)CCOCn1cc2nc1-c1ccnc(c1)CCCCCNC(=O)c1nn(C3CCOCC3)cc1NC2=O. The van der Waals surface area contributed by atoms with E-state index in [-0.39, 0.29) is 30.1 Å². The average Bonchev–Trinajstić information content (AvgIpc) is 3.57. The first-order chi connectivity index (χ1) is 19.8. The van der Waals surface area contributed by atoms with Crippen molar-refractivity contribution in [3.8, 4) is 11.4 Å². The van der Waals surface area contributed by atoms with Gasteiger partial charge in [-0.25, -0.2) is 4.98 Å². The van der Waals surface area contributed by atoms with E-state index in [0.717, 1.165) is 55.8 Å². The fourth-order valence-electron chi connectivity index (χ4n) is 5.02. The number of aromatic nitrogens is 5. The van der Waals surface area contributed by atoms with E-state index >= 15 is 0 Å². The number of nitrogens with zero attached hydrogens (tertiary/aromatic N) is 5. The zero-order chi connectivity index (χ0) is 28.8. The van der Waals surface area contributed by atoms with Crippen molar-refractivity contribution in [3.63, 3.8) is 0 Å². The molecule has 3 aromatic rings. The fourth-order valence-corrected chi connectivity index (χ4v) is 5.77. The monoisotopic (exact) mass is 579 g/mol. The van der Waals surface area contributed by atoms with Gasteiger partial charge in [0.2, 0.25) is 0 Å². The molecule has 0 radical (unpaired) electrons. The van der Waals surface area contributed by atoms with Gasteiger partial charge in [-0.1, -0.05) is 26.1 Å². The first kappa shape index (κ1) is 29.1. The molecular weight excluding hydrogens is 538 g/mol. The van der Waals surface area contributed by atoms with Gasteiger partial charge in [-0.3, -0.25) is 19.3 Å². The van der Waals surface area contributed by atoms with E-state index in [1.54, 1.807) is 23.3 Å². The molecule has 4 bridgehead atoms. The summed E-state index contributed by atoms with van der Waals surface area (Å²) in [6.07, 6.45) is 10.4. The van der Waals surface area contributed by atoms with E-state index in [4.69, 9.17) is 14.5 Å². The molecule has 2 amide bonds. The summed E-state index contributed by atoms with van der Waals surface area (Å²) >= 11 is 0. The van der Waals surface area contributed by atoms with E-state index in [2.05, 4.69) is 40.4 Å². The van der Waals surface area contributed by atoms with E-state index in [9.17, 15) is 9.59 Å². The molecule has 2 aliphatic heterocycles. The largest absolute Gasteiger partial charge is 0.381 e. The van der Waals surface area contributed by atoms with Crippen LogP contribution in [0.5, 0.6) is 0 Å². The van der Waals surface area contributed by atoms with Crippen LogP contribution in [0, 0.1) is 0 Å². The zero-order valence-corrected chi connectivity index (χ0v) is 25.3. The molecule has 220 valence electrons. The van der Waals surface area contributed by atoms with Crippen LogP contribution in [0.2, 0.25) is 25.7 Å². The highest BCUT2D eigenvalue weighted by atomic mass is 28.3. The molecule has 2 aliphatic rings. The normalized spacial score (nSPS) is 17.4. The van der Waals surface area contributed by atoms with Crippen LogP contribution in [0.4, 0.5) is 5.69 Å². The molecule has 11 nitrogen and oxygen atoms in total. The second kappa shape index (κ2) is 13.1. The minimum Gasteiger partial charge on any atom is -0.381 e. The summed E-state index contributed by atoms with van der Waals surface area (Å²) in [5.74, 6) is -0.0657. The third-order valence-electron chi connectivity index (χ3n) is 7.47. The number of aryl methyl sites for hydroxylation is 1. The van der Waals surface area contributed by atoms with Gasteiger partial charge in [0.1, 0.15) is 18.2 Å². The van der Waals surface area contributed by atoms with Crippen molar-refractivity contribution >= 4 is 25.6 Å². The van der Waals surface area contributed by atoms with E-state index in [0.29, 0.717) is 37.9 Å². The number of pyridine rings is 1. The minimum atomic E-state index is -1.24. The molecule has 12 heteroatoms. The van der Waals surface area contributed by atoms with Gasteiger partial charge in [0.15, 0.2) is 5.69 Å². The van der Waals surface area contributed by atoms with Crippen LogP contribution in [-0.2, 0) is 22.6 Å². The molecule has 1 saturated heterocycles. The molecule has 0 unspecified atom stereocenters. The van der Waals surface area contributed by atoms with Gasteiger partial charge < -0.3 is 24.7 Å². The van der Waals surface area contributed by atoms with Crippen LogP contribution in [0.3, 0.4) is 0 Å². The maximum atomic E-state index is 13.6. The van der Waals surface area contributed by atoms with Gasteiger partial charge >= 0.3 is 0 Å². The number of carbonyl (C=O) groups excluding carboxylic acids is 2. The van der Waals surface area contributed by atoms with Crippen molar-refractivity contribution in [1.29, 1.82) is 0 Å². The van der Waals surface area contributed by atoms with Gasteiger partial charge in [-0.15, -0.1) is 0 Å². The van der Waals surface area contributed by atoms with Crippen molar-refractivity contribution < 1.29 is 19.1 Å². The van der Waals surface area contributed by atoms with E-state index in [1.165, 1.54) is 0 Å². The lowest BCUT2D eigenvalue weighted by Crippen LogP contribution is -2.27. The van der Waals surface area contributed by atoms with E-state index < -0.39 is 14.0 Å². The smallest absolute Gasteiger partial charge is 0.275 e. The molecule has 0 aromatic carbocycles. The number of carbonyl (C=O) groups is 2. The third-order valence-corrected chi connectivity index (χ3v) is 9.17. The maximum Gasteiger partial charge on any atom is 0.275 e. The average molecular weight is 580 g/mol. The summed E-state index contributed by atoms with van der Waals surface area (Å²) in [6, 6.07) is 5.11. The van der Waals surface area contributed by atoms with Crippen molar-refractivity contribution in [3.05, 3.63) is 47.8 Å². The first-order valence-electron chi connectivity index (χ1n) is 14.6. The Morgan fingerprint density at radius 2 is 1.93 bits per heavy atom. The molecule has 0 aliphatic carbocycles. The molecule has 2 N–H and O–H groups in total. The van der Waals surface area contributed by atoms with Gasteiger partial charge in [-0.2, -0.15) is 5.10 Å². The third kappa shape index (κ3) is 7.69. The predicted molar refractivity (Wildman–Crippen MR) is 159 cm³/mol. The summed E-state index contributed by atoms with van der Waals surface area (Å²) in [6.45, 7) is 9.71. The maximum absolute atomic E-state index is 13.6. The van der Waals surface area contributed by atoms with Gasteiger partial charge in [0.25, 0.3) is 11.8 Å². The number of anilines is 1. The van der Waals surface area contributed by atoms with Crippen molar-refractivity contribution in [2.24, 2.45) is 0 Å². The quantitative estimate of drug-likeness (QED) is 0.325. The Kier molecular flexibility index (Phi) is 9.31. The van der Waals surface area contributed by atoms with Gasteiger partial charge in [0.05, 0.1) is 11.7 Å². The Morgan fingerprint density at radius 3 is 2.73 bits per heavy atom. The first-order valence-corrected chi connectivity index (χ1v) is 18.3. The summed E-state index contributed by atoms with van der Waals surface area (Å²) < 4.78 is 15.2. The lowest BCUT2D eigenvalue weighted by Gasteiger charge is -2.22. The van der Waals surface area contributed by atoms with Crippen molar-refractivity contribution in [1.82, 2.24) is 29.6 Å². The summed E-state index contributed by atoms with van der Waals surface area (Å²) in [4.78, 5) is 36.0. The van der Waals surface area contributed by atoms with Gasteiger partial charge in [0, 0.05) is 64.3 Å². The Bertz CT molecular complexity index is 1360. The highest BCUT2D eigenvalue weighted by Crippen LogP contribution is 2.26. The second-order valence-corrected chi connectivity index (χ2v) is 17.7. The number of fused-ring (bicyclic) bond motifs is 6. The molecule has 1 fully saturated rings. The standard InChI is InChI=1S/C29H41N7O4Si/c1-41(2,3)16-15-40-20-35-18-25-28(37)33-24-19-36(23-9-13-39-14-10-23)34-26(24)29(38)31-11-6-4-5-7-22-17-21(8-12-30-22)27(35)32-25/h8,12,17-19,23H,4-7,9-11,13-16,20H2,1-3H3,(H,31,38)(H,33,37). The molecule has 0 saturated carbocycles. The van der Waals surface area contributed by atoms with Crippen molar-refractivity contribution in [2.75, 3.05) is 31.7 Å². The predicted octanol–water partition coefficient (Wildman–Crippen LogP) is 4.51. The van der Waals surface area contributed by atoms with Crippen LogP contribution in [-0.4, -0.2) is 70.6 Å². The Morgan fingerprint density at radius 1 is 1.10 bits per heavy atom. The second-order valence-electron chi connectivity index (χ2n) is 12.0. The number of imidazole rings is 1. The van der Waals surface area contributed by atoms with E-state index in [1.807, 2.05) is 16.7 Å². The molecule has 3 aromatic heterocycles. The van der Waals surface area contributed by atoms with Crippen LogP contribution in [0.15, 0.2) is 30.7 Å². The van der Waals surface area contributed by atoms with Crippen LogP contribution >= 0.6 is 0 Å². The number of rotatable bonds is 6. The Hall–Kier alpha value is -3.35. The fraction of sp³-hybridized carbons (Fsp3) is 0.552. The summed E-state index contributed by atoms with van der Waals surface area (Å²) in [7, 11) is -1.24. The summed E-state index contributed by atoms with van der Waals surface area (Å²) in [5.41, 5.74) is 2.67. The molecule has 0 atom stereocenters.